The van der Waals surface area contributed by atoms with Crippen molar-refractivity contribution in [2.24, 2.45) is 0 Å². The highest BCUT2D eigenvalue weighted by molar-refractivity contribution is 7.78. The van der Waals surface area contributed by atoms with Crippen molar-refractivity contribution in [1.82, 2.24) is 29.1 Å². The van der Waals surface area contributed by atoms with Gasteiger partial charge in [0, 0.05) is 13.1 Å². The summed E-state index contributed by atoms with van der Waals surface area (Å²) in [7, 11) is 2.36. The molecule has 0 radical (unpaired) electrons. The zero-order valence-corrected chi connectivity index (χ0v) is 33.2. The van der Waals surface area contributed by atoms with Crippen LogP contribution in [0.25, 0.3) is 11.2 Å². The van der Waals surface area contributed by atoms with Gasteiger partial charge in [0.25, 0.3) is 5.91 Å². The summed E-state index contributed by atoms with van der Waals surface area (Å²) in [6.07, 6.45) is 0.636. The first-order valence-corrected chi connectivity index (χ1v) is 20.5. The minimum absolute atomic E-state index is 0.0172. The summed E-state index contributed by atoms with van der Waals surface area (Å²) in [4.78, 5) is 29.5. The number of morpholine rings is 1. The molecule has 0 spiro atoms. The molecule has 1 aliphatic heterocycles. The second-order valence-electron chi connectivity index (χ2n) is 13.4. The average Bonchev–Trinajstić information content (AvgIpc) is 3.68. The molecule has 3 heterocycles. The number of carbonyl (C=O) groups is 1. The number of amides is 1. The fraction of sp³-hybridized carbons (Fsp3) is 0.262. The monoisotopic (exact) mass is 804 g/mol. The summed E-state index contributed by atoms with van der Waals surface area (Å²) in [5.74, 6) is 0.176. The Hall–Kier alpha value is -5.45. The Kier molecular flexibility index (Phi) is 13.0. The van der Waals surface area contributed by atoms with Crippen LogP contribution in [0.4, 0.5) is 5.95 Å². The van der Waals surface area contributed by atoms with E-state index in [0.717, 1.165) is 16.7 Å². The minimum Gasteiger partial charge on any atom is -0.484 e. The number of para-hydroxylation sites is 1. The maximum absolute atomic E-state index is 13.1. The van der Waals surface area contributed by atoms with Gasteiger partial charge in [-0.25, -0.2) is 4.98 Å². The molecule has 1 unspecified atom stereocenters. The van der Waals surface area contributed by atoms with E-state index in [1.165, 1.54) is 0 Å². The third kappa shape index (κ3) is 9.08. The fourth-order valence-electron chi connectivity index (χ4n) is 6.96. The molecule has 4 aromatic carbocycles. The predicted octanol–water partition coefficient (Wildman–Crippen LogP) is 7.37. The van der Waals surface area contributed by atoms with Crippen molar-refractivity contribution in [2.75, 3.05) is 52.3 Å². The van der Waals surface area contributed by atoms with E-state index in [1.807, 2.05) is 59.7 Å². The molecule has 0 saturated carbocycles. The van der Waals surface area contributed by atoms with Gasteiger partial charge in [0.1, 0.15) is 18.6 Å². The van der Waals surface area contributed by atoms with Gasteiger partial charge in [-0.3, -0.25) is 24.2 Å². The van der Waals surface area contributed by atoms with Gasteiger partial charge in [-0.15, -0.1) is 0 Å². The number of hydrogen-bond acceptors (Lipinski definition) is 11. The van der Waals surface area contributed by atoms with Crippen molar-refractivity contribution in [3.63, 3.8) is 0 Å². The molecule has 1 N–H and O–H groups in total. The van der Waals surface area contributed by atoms with E-state index in [2.05, 4.69) is 94.1 Å². The van der Waals surface area contributed by atoms with E-state index in [4.69, 9.17) is 39.9 Å². The minimum atomic E-state index is -1.39. The number of nitrogens with one attached hydrogen (secondary N) is 1. The highest BCUT2D eigenvalue weighted by atomic mass is 35.7. The molecular formula is C42H42ClN8O5P. The van der Waals surface area contributed by atoms with Gasteiger partial charge in [-0.05, 0) is 54.2 Å². The summed E-state index contributed by atoms with van der Waals surface area (Å²) in [6, 6.07) is 42.4. The topological polar surface area (TPSA) is 140 Å². The van der Waals surface area contributed by atoms with Gasteiger partial charge in [-0.1, -0.05) is 109 Å². The molecule has 1 aliphatic rings. The number of carbonyl (C=O) groups excluding carboxylic acids is 1. The van der Waals surface area contributed by atoms with Gasteiger partial charge in [-0.2, -0.15) is 15.2 Å². The zero-order chi connectivity index (χ0) is 39.6. The molecule has 1 amide bonds. The van der Waals surface area contributed by atoms with E-state index in [-0.39, 0.29) is 38.1 Å². The normalized spacial score (nSPS) is 16.5. The number of fused-ring (bicyclic) bond motifs is 1. The maximum Gasteiger partial charge on any atom is 0.264 e. The van der Waals surface area contributed by atoms with E-state index < -0.39 is 31.4 Å². The number of hydrogen-bond donors (Lipinski definition) is 1. The van der Waals surface area contributed by atoms with Crippen LogP contribution in [0.1, 0.15) is 29.3 Å². The van der Waals surface area contributed by atoms with Crippen molar-refractivity contribution in [3.05, 3.63) is 144 Å². The molecule has 3 atom stereocenters. The van der Waals surface area contributed by atoms with Gasteiger partial charge in [0.15, 0.2) is 17.8 Å². The smallest absolute Gasteiger partial charge is 0.264 e. The average molecular weight is 805 g/mol. The molecular weight excluding hydrogens is 763 g/mol. The summed E-state index contributed by atoms with van der Waals surface area (Å²) in [6.45, 7) is 0.866. The Balaban J connectivity index is 1.32. The summed E-state index contributed by atoms with van der Waals surface area (Å²) < 4.78 is 28.4. The number of anilines is 1. The first kappa shape index (κ1) is 39.8. The van der Waals surface area contributed by atoms with Crippen molar-refractivity contribution in [3.8, 4) is 17.7 Å². The van der Waals surface area contributed by atoms with Crippen molar-refractivity contribution in [2.45, 2.75) is 24.3 Å². The number of ether oxygens (including phenoxy) is 3. The van der Waals surface area contributed by atoms with E-state index >= 15 is 0 Å². The highest BCUT2D eigenvalue weighted by Crippen LogP contribution is 2.47. The molecule has 292 valence electrons. The Morgan fingerprint density at radius 3 is 2.09 bits per heavy atom. The van der Waals surface area contributed by atoms with Gasteiger partial charge < -0.3 is 18.7 Å². The quantitative estimate of drug-likeness (QED) is 0.0596. The van der Waals surface area contributed by atoms with Crippen LogP contribution in [0.2, 0.25) is 0 Å². The Morgan fingerprint density at radius 2 is 1.51 bits per heavy atom. The van der Waals surface area contributed by atoms with E-state index in [9.17, 15) is 10.1 Å². The number of benzene rings is 4. The molecule has 1 fully saturated rings. The largest absolute Gasteiger partial charge is 0.484 e. The fourth-order valence-corrected chi connectivity index (χ4v) is 7.65. The van der Waals surface area contributed by atoms with Crippen molar-refractivity contribution < 1.29 is 23.5 Å². The molecule has 15 heteroatoms. The van der Waals surface area contributed by atoms with Crippen LogP contribution >= 0.6 is 18.9 Å². The summed E-state index contributed by atoms with van der Waals surface area (Å²) >= 11 is 6.64. The number of imidazole rings is 1. The predicted molar refractivity (Wildman–Crippen MR) is 219 cm³/mol. The second-order valence-corrected chi connectivity index (χ2v) is 15.8. The van der Waals surface area contributed by atoms with Crippen molar-refractivity contribution in [1.29, 1.82) is 5.26 Å². The first-order chi connectivity index (χ1) is 27.9. The summed E-state index contributed by atoms with van der Waals surface area (Å²) in [5, 5.41) is 12.0. The molecule has 1 saturated heterocycles. The van der Waals surface area contributed by atoms with Gasteiger partial charge in [0.05, 0.1) is 37.1 Å². The third-order valence-electron chi connectivity index (χ3n) is 9.40. The molecule has 6 aromatic rings. The van der Waals surface area contributed by atoms with Crippen LogP contribution < -0.4 is 14.8 Å². The summed E-state index contributed by atoms with van der Waals surface area (Å²) in [5.41, 5.74) is 3.15. The molecule has 0 aliphatic carbocycles. The Labute approximate surface area is 337 Å². The van der Waals surface area contributed by atoms with Crippen molar-refractivity contribution >= 4 is 41.9 Å². The highest BCUT2D eigenvalue weighted by Gasteiger charge is 2.46. The SMILES string of the molecule is CN(C)P(Cl)OC[C@@H]1CN(C(c2ccccc2)(c2ccccc2)c2ccccc2)C[C@H](n2cnc3c(OCCC#N)nc(NC(=O)COc4ccccc4)nc32)O1. The molecule has 0 bridgehead atoms. The molecule has 13 nitrogen and oxygen atoms in total. The van der Waals surface area contributed by atoms with Gasteiger partial charge in [0.2, 0.25) is 19.5 Å². The Bertz CT molecular complexity index is 2170. The van der Waals surface area contributed by atoms with Gasteiger partial charge >= 0.3 is 0 Å². The van der Waals surface area contributed by atoms with Crippen LogP contribution in [-0.4, -0.2) is 88.1 Å². The van der Waals surface area contributed by atoms with Crippen LogP contribution in [0, 0.1) is 11.3 Å². The standard InChI is InChI=1S/C42H42ClN8O5P/c1-49(2)57(43)55-28-35-26-50(42(31-16-7-3-8-17-31,32-18-9-4-10-19-32)33-20-11-5-12-21-33)27-37(56-35)51-30-45-38-39(51)47-41(48-40(38)53-25-15-24-44)46-36(52)29-54-34-22-13-6-14-23-34/h3-14,16-23,30,35,37H,15,25-29H2,1-2H3,(H,46,47,48,52)/t35-,37+,57?/m0/s1. The lowest BCUT2D eigenvalue weighted by Crippen LogP contribution is -2.57. The lowest BCUT2D eigenvalue weighted by Gasteiger charge is -2.50. The number of nitriles is 1. The number of aromatic nitrogens is 4. The van der Waals surface area contributed by atoms with Crippen LogP contribution in [-0.2, 0) is 19.6 Å². The molecule has 7 rings (SSSR count). The maximum atomic E-state index is 13.1. The second kappa shape index (κ2) is 18.7. The van der Waals surface area contributed by atoms with Crippen LogP contribution in [0.5, 0.6) is 11.6 Å². The first-order valence-electron chi connectivity index (χ1n) is 18.4. The van der Waals surface area contributed by atoms with E-state index in [0.29, 0.717) is 30.0 Å². The number of halogens is 1. The van der Waals surface area contributed by atoms with Crippen LogP contribution in [0.3, 0.4) is 0 Å². The lowest BCUT2D eigenvalue weighted by molar-refractivity contribution is -0.145. The molecule has 2 aromatic heterocycles. The zero-order valence-electron chi connectivity index (χ0n) is 31.5. The third-order valence-corrected chi connectivity index (χ3v) is 11.6. The lowest BCUT2D eigenvalue weighted by atomic mass is 9.75. The number of rotatable bonds is 16. The van der Waals surface area contributed by atoms with Crippen LogP contribution in [0.15, 0.2) is 128 Å². The number of nitrogens with zero attached hydrogens (tertiary/aromatic N) is 7. The Morgan fingerprint density at radius 1 is 0.912 bits per heavy atom. The van der Waals surface area contributed by atoms with E-state index in [1.54, 1.807) is 18.5 Å². The molecule has 57 heavy (non-hydrogen) atoms.